The van der Waals surface area contributed by atoms with Crippen molar-refractivity contribution in [2.24, 2.45) is 10.9 Å². The minimum atomic E-state index is -0.474. The van der Waals surface area contributed by atoms with Gasteiger partial charge in [-0.2, -0.15) is 0 Å². The molecule has 158 valence electrons. The summed E-state index contributed by atoms with van der Waals surface area (Å²) in [6, 6.07) is 0.0815. The summed E-state index contributed by atoms with van der Waals surface area (Å²) >= 11 is 0. The van der Waals surface area contributed by atoms with Crippen LogP contribution in [0.3, 0.4) is 0 Å². The first-order valence-electron chi connectivity index (χ1n) is 10.1. The lowest BCUT2D eigenvalue weighted by atomic mass is 9.96. The molecule has 0 aliphatic carbocycles. The van der Waals surface area contributed by atoms with Gasteiger partial charge in [-0.15, -0.1) is 0 Å². The molecule has 0 radical (unpaired) electrons. The quantitative estimate of drug-likeness (QED) is 0.540. The highest BCUT2D eigenvalue weighted by Gasteiger charge is 2.23. The summed E-state index contributed by atoms with van der Waals surface area (Å²) in [6.07, 6.45) is 4.02. The summed E-state index contributed by atoms with van der Waals surface area (Å²) in [5, 5.41) is 3.40. The van der Waals surface area contributed by atoms with Crippen LogP contribution in [0.4, 0.5) is 4.79 Å². The number of aliphatic imine (C=N–C) groups is 1. The van der Waals surface area contributed by atoms with Gasteiger partial charge in [-0.25, -0.2) is 4.79 Å². The Balaban J connectivity index is 2.33. The third-order valence-electron chi connectivity index (χ3n) is 4.97. The van der Waals surface area contributed by atoms with Crippen LogP contribution in [-0.4, -0.2) is 80.9 Å². The maximum atomic E-state index is 12.1. The monoisotopic (exact) mass is 384 g/mol. The number of nitrogens with zero attached hydrogens (tertiary/aromatic N) is 3. The van der Waals surface area contributed by atoms with Crippen molar-refractivity contribution in [3.05, 3.63) is 0 Å². The van der Waals surface area contributed by atoms with E-state index in [-0.39, 0.29) is 12.1 Å². The molecule has 0 spiro atoms. The number of rotatable bonds is 7. The van der Waals surface area contributed by atoms with Crippen LogP contribution < -0.4 is 5.32 Å². The van der Waals surface area contributed by atoms with Crippen LogP contribution in [0.1, 0.15) is 53.4 Å². The Labute approximate surface area is 165 Å². The predicted molar refractivity (Wildman–Crippen MR) is 110 cm³/mol. The molecule has 0 bridgehead atoms. The minimum absolute atomic E-state index is 0.0815. The fourth-order valence-electron chi connectivity index (χ4n) is 3.00. The van der Waals surface area contributed by atoms with E-state index in [9.17, 15) is 4.79 Å². The molecule has 1 atom stereocenters. The van der Waals surface area contributed by atoms with E-state index in [0.717, 1.165) is 57.4 Å². The van der Waals surface area contributed by atoms with Crippen molar-refractivity contribution in [2.75, 3.05) is 47.4 Å². The minimum Gasteiger partial charge on any atom is -0.444 e. The highest BCUT2D eigenvalue weighted by atomic mass is 16.6. The number of ether oxygens (including phenoxy) is 2. The maximum Gasteiger partial charge on any atom is 0.410 e. The Hall–Kier alpha value is -1.50. The molecule has 1 N–H and O–H groups in total. The van der Waals surface area contributed by atoms with Crippen LogP contribution in [-0.2, 0) is 9.47 Å². The first-order valence-corrected chi connectivity index (χ1v) is 10.1. The molecule has 0 aromatic rings. The third-order valence-corrected chi connectivity index (χ3v) is 4.97. The Morgan fingerprint density at radius 2 is 1.93 bits per heavy atom. The molecule has 0 aromatic carbocycles. The normalized spacial score (nSPS) is 17.4. The average molecular weight is 385 g/mol. The van der Waals surface area contributed by atoms with E-state index in [2.05, 4.69) is 22.3 Å². The number of amides is 1. The van der Waals surface area contributed by atoms with Gasteiger partial charge in [0.2, 0.25) is 0 Å². The topological polar surface area (TPSA) is 66.4 Å². The molecule has 1 saturated heterocycles. The fourth-order valence-corrected chi connectivity index (χ4v) is 3.00. The molecule has 7 nitrogen and oxygen atoms in total. The summed E-state index contributed by atoms with van der Waals surface area (Å²) in [5.41, 5.74) is -0.474. The van der Waals surface area contributed by atoms with Crippen LogP contribution in [0.25, 0.3) is 0 Å². The second kappa shape index (κ2) is 11.4. The molecule has 0 aromatic heterocycles. The van der Waals surface area contributed by atoms with Gasteiger partial charge in [0, 0.05) is 53.5 Å². The van der Waals surface area contributed by atoms with E-state index in [1.165, 1.54) is 6.42 Å². The van der Waals surface area contributed by atoms with Gasteiger partial charge in [0.05, 0.1) is 0 Å². The van der Waals surface area contributed by atoms with Gasteiger partial charge in [-0.1, -0.05) is 0 Å². The molecule has 1 aliphatic rings. The number of hydrogen-bond donors (Lipinski definition) is 1. The summed E-state index contributed by atoms with van der Waals surface area (Å²) < 4.78 is 10.8. The van der Waals surface area contributed by atoms with E-state index >= 15 is 0 Å². The molecule has 1 heterocycles. The van der Waals surface area contributed by atoms with Crippen molar-refractivity contribution in [1.29, 1.82) is 0 Å². The fraction of sp³-hybridized carbons (Fsp3) is 0.900. The first kappa shape index (κ1) is 23.5. The van der Waals surface area contributed by atoms with Gasteiger partial charge in [-0.05, 0) is 59.3 Å². The number of nitrogens with one attached hydrogen (secondary N) is 1. The molecule has 1 rings (SSSR count). The first-order chi connectivity index (χ1) is 12.6. The molecular formula is C20H40N4O3. The number of hydrogen-bond acceptors (Lipinski definition) is 4. The van der Waals surface area contributed by atoms with Gasteiger partial charge in [0.1, 0.15) is 5.60 Å². The van der Waals surface area contributed by atoms with Gasteiger partial charge >= 0.3 is 6.09 Å². The molecule has 0 saturated carbocycles. The van der Waals surface area contributed by atoms with Crippen LogP contribution >= 0.6 is 0 Å². The molecular weight excluding hydrogens is 344 g/mol. The van der Waals surface area contributed by atoms with Crippen molar-refractivity contribution < 1.29 is 14.3 Å². The van der Waals surface area contributed by atoms with Gasteiger partial charge < -0.3 is 24.6 Å². The number of carbonyl (C=O) groups is 1. The van der Waals surface area contributed by atoms with Crippen molar-refractivity contribution in [3.63, 3.8) is 0 Å². The number of guanidine groups is 1. The van der Waals surface area contributed by atoms with E-state index in [1.807, 2.05) is 34.7 Å². The molecule has 27 heavy (non-hydrogen) atoms. The van der Waals surface area contributed by atoms with Crippen molar-refractivity contribution in [1.82, 2.24) is 15.1 Å². The number of carbonyl (C=O) groups excluding carboxylic acids is 1. The van der Waals surface area contributed by atoms with Gasteiger partial charge in [-0.3, -0.25) is 4.99 Å². The van der Waals surface area contributed by atoms with Crippen LogP contribution in [0.15, 0.2) is 4.99 Å². The summed E-state index contributed by atoms with van der Waals surface area (Å²) in [6.45, 7) is 11.2. The maximum absolute atomic E-state index is 12.1. The molecule has 7 heteroatoms. The highest BCUT2D eigenvalue weighted by Crippen LogP contribution is 2.18. The van der Waals surface area contributed by atoms with E-state index in [4.69, 9.17) is 9.47 Å². The van der Waals surface area contributed by atoms with Crippen LogP contribution in [0.2, 0.25) is 0 Å². The summed E-state index contributed by atoms with van der Waals surface area (Å²) in [4.78, 5) is 20.4. The standard InChI is InChI=1S/C20H40N4O3/c1-16(24(7)19(25)27-20(2,3)4)8-12-22-18(21-5)23(6)13-9-17-10-14-26-15-11-17/h16-17H,8-15H2,1-7H3,(H,21,22). The lowest BCUT2D eigenvalue weighted by molar-refractivity contribution is 0.0230. The lowest BCUT2D eigenvalue weighted by Gasteiger charge is -2.29. The predicted octanol–water partition coefficient (Wildman–Crippen LogP) is 2.96. The Morgan fingerprint density at radius 3 is 2.48 bits per heavy atom. The zero-order valence-electron chi connectivity index (χ0n) is 18.4. The smallest absolute Gasteiger partial charge is 0.410 e. The van der Waals surface area contributed by atoms with E-state index in [0.29, 0.717) is 0 Å². The molecule has 1 amide bonds. The summed E-state index contributed by atoms with van der Waals surface area (Å²) in [5.74, 6) is 1.65. The van der Waals surface area contributed by atoms with E-state index in [1.54, 1.807) is 11.9 Å². The Bertz CT molecular complexity index is 470. The average Bonchev–Trinajstić information content (AvgIpc) is 2.61. The van der Waals surface area contributed by atoms with Crippen molar-refractivity contribution in [3.8, 4) is 0 Å². The summed E-state index contributed by atoms with van der Waals surface area (Å²) in [7, 11) is 5.67. The van der Waals surface area contributed by atoms with Crippen LogP contribution in [0, 0.1) is 5.92 Å². The molecule has 1 fully saturated rings. The van der Waals surface area contributed by atoms with Crippen LogP contribution in [0.5, 0.6) is 0 Å². The van der Waals surface area contributed by atoms with Crippen molar-refractivity contribution >= 4 is 12.1 Å². The second-order valence-corrected chi connectivity index (χ2v) is 8.47. The zero-order valence-corrected chi connectivity index (χ0v) is 18.4. The lowest BCUT2D eigenvalue weighted by Crippen LogP contribution is -2.43. The van der Waals surface area contributed by atoms with Crippen molar-refractivity contribution in [2.45, 2.75) is 65.0 Å². The highest BCUT2D eigenvalue weighted by molar-refractivity contribution is 5.79. The zero-order chi connectivity index (χ0) is 20.4. The Morgan fingerprint density at radius 1 is 1.30 bits per heavy atom. The van der Waals surface area contributed by atoms with Gasteiger partial charge in [0.15, 0.2) is 5.96 Å². The second-order valence-electron chi connectivity index (χ2n) is 8.47. The van der Waals surface area contributed by atoms with Gasteiger partial charge in [0.25, 0.3) is 0 Å². The largest absolute Gasteiger partial charge is 0.444 e. The molecule has 1 unspecified atom stereocenters. The third kappa shape index (κ3) is 9.31. The molecule has 1 aliphatic heterocycles. The SMILES string of the molecule is CN=C(NCCC(C)N(C)C(=O)OC(C)(C)C)N(C)CCC1CCOCC1. The Kier molecular flexibility index (Phi) is 9.91. The van der Waals surface area contributed by atoms with E-state index < -0.39 is 5.60 Å².